The van der Waals surface area contributed by atoms with Crippen LogP contribution < -0.4 is 10.9 Å². The second-order valence-corrected chi connectivity index (χ2v) is 5.59. The summed E-state index contributed by atoms with van der Waals surface area (Å²) in [5.41, 5.74) is 0.899. The molecule has 1 aromatic carbocycles. The fraction of sp³-hybridized carbons (Fsp3) is 0.333. The molecule has 2 aromatic rings. The van der Waals surface area contributed by atoms with Crippen LogP contribution in [0.3, 0.4) is 0 Å². The van der Waals surface area contributed by atoms with E-state index in [4.69, 9.17) is 0 Å². The lowest BCUT2D eigenvalue weighted by Gasteiger charge is -2.15. The Bertz CT molecular complexity index is 804. The minimum Gasteiger partial charge on any atom is -0.324 e. The number of anilines is 1. The summed E-state index contributed by atoms with van der Waals surface area (Å²) in [7, 11) is 0. The number of amides is 1. The van der Waals surface area contributed by atoms with Gasteiger partial charge in [0.2, 0.25) is 5.91 Å². The van der Waals surface area contributed by atoms with Crippen LogP contribution in [-0.2, 0) is 30.4 Å². The smallest absolute Gasteiger partial charge is 0.324 e. The molecule has 25 heavy (non-hydrogen) atoms. The van der Waals surface area contributed by atoms with Crippen LogP contribution in [0.1, 0.15) is 30.5 Å². The number of aryl methyl sites for hydroxylation is 2. The van der Waals surface area contributed by atoms with Crippen LogP contribution >= 0.6 is 0 Å². The molecule has 0 aliphatic carbocycles. The number of carbonyl (C=O) groups excluding carboxylic acids is 1. The molecular formula is C18H19F3N2O2. The van der Waals surface area contributed by atoms with Gasteiger partial charge in [-0.2, -0.15) is 13.2 Å². The number of aromatic nitrogens is 1. The van der Waals surface area contributed by atoms with Gasteiger partial charge in [-0.3, -0.25) is 9.59 Å². The summed E-state index contributed by atoms with van der Waals surface area (Å²) in [6.45, 7) is 3.41. The van der Waals surface area contributed by atoms with E-state index in [2.05, 4.69) is 5.32 Å². The highest BCUT2D eigenvalue weighted by Gasteiger charge is 2.31. The third-order valence-electron chi connectivity index (χ3n) is 3.89. The Labute approximate surface area is 143 Å². The topological polar surface area (TPSA) is 51.1 Å². The molecule has 2 rings (SSSR count). The molecule has 0 spiro atoms. The van der Waals surface area contributed by atoms with Crippen LogP contribution in [0.2, 0.25) is 0 Å². The molecule has 0 atom stereocenters. The summed E-state index contributed by atoms with van der Waals surface area (Å²) < 4.78 is 39.1. The summed E-state index contributed by atoms with van der Waals surface area (Å²) >= 11 is 0. The number of rotatable bonds is 5. The SMILES string of the molecule is CCc1cccc(CC)c1NC(=O)Cn1cc(C(F)(F)F)ccc1=O. The average Bonchev–Trinajstić information content (AvgIpc) is 2.56. The third kappa shape index (κ3) is 4.49. The molecule has 0 saturated carbocycles. The van der Waals surface area contributed by atoms with E-state index in [-0.39, 0.29) is 0 Å². The lowest BCUT2D eigenvalue weighted by atomic mass is 10.0. The maximum atomic E-state index is 12.8. The van der Waals surface area contributed by atoms with E-state index in [0.29, 0.717) is 30.8 Å². The molecule has 0 fully saturated rings. The lowest BCUT2D eigenvalue weighted by Crippen LogP contribution is -2.28. The van der Waals surface area contributed by atoms with E-state index >= 15 is 0 Å². The van der Waals surface area contributed by atoms with Crippen molar-refractivity contribution in [2.75, 3.05) is 5.32 Å². The molecule has 7 heteroatoms. The van der Waals surface area contributed by atoms with Crippen molar-refractivity contribution in [2.24, 2.45) is 0 Å². The number of para-hydroxylation sites is 1. The summed E-state index contributed by atoms with van der Waals surface area (Å²) in [4.78, 5) is 24.0. The molecule has 0 radical (unpaired) electrons. The van der Waals surface area contributed by atoms with Gasteiger partial charge in [0.15, 0.2) is 0 Å². The van der Waals surface area contributed by atoms with Crippen LogP contribution in [0.4, 0.5) is 18.9 Å². The van der Waals surface area contributed by atoms with Crippen LogP contribution in [0, 0.1) is 0 Å². The molecule has 0 saturated heterocycles. The standard InChI is InChI=1S/C18H19F3N2O2/c1-3-12-6-5-7-13(4-2)17(12)22-15(24)11-23-10-14(18(19,20)21)8-9-16(23)25/h5-10H,3-4,11H2,1-2H3,(H,22,24). The van der Waals surface area contributed by atoms with Crippen molar-refractivity contribution >= 4 is 11.6 Å². The predicted molar refractivity (Wildman–Crippen MR) is 89.5 cm³/mol. The van der Waals surface area contributed by atoms with Gasteiger partial charge in [0.1, 0.15) is 6.54 Å². The zero-order valence-corrected chi connectivity index (χ0v) is 14.0. The average molecular weight is 352 g/mol. The highest BCUT2D eigenvalue weighted by Crippen LogP contribution is 2.28. The van der Waals surface area contributed by atoms with Crippen LogP contribution in [0.5, 0.6) is 0 Å². The number of carbonyl (C=O) groups is 1. The number of pyridine rings is 1. The fourth-order valence-electron chi connectivity index (χ4n) is 2.56. The van der Waals surface area contributed by atoms with Crippen LogP contribution in [0.15, 0.2) is 41.3 Å². The van der Waals surface area contributed by atoms with Gasteiger partial charge in [-0.05, 0) is 30.0 Å². The van der Waals surface area contributed by atoms with Gasteiger partial charge in [-0.1, -0.05) is 32.0 Å². The van der Waals surface area contributed by atoms with Gasteiger partial charge in [0.25, 0.3) is 5.56 Å². The van der Waals surface area contributed by atoms with Gasteiger partial charge in [0.05, 0.1) is 5.56 Å². The number of halogens is 3. The summed E-state index contributed by atoms with van der Waals surface area (Å²) in [5, 5.41) is 2.73. The number of hydrogen-bond acceptors (Lipinski definition) is 2. The molecule has 134 valence electrons. The van der Waals surface area contributed by atoms with E-state index in [1.165, 1.54) is 0 Å². The van der Waals surface area contributed by atoms with Crippen molar-refractivity contribution in [2.45, 2.75) is 39.4 Å². The third-order valence-corrected chi connectivity index (χ3v) is 3.89. The van der Waals surface area contributed by atoms with Crippen molar-refractivity contribution in [3.8, 4) is 0 Å². The molecule has 0 unspecified atom stereocenters. The molecule has 1 N–H and O–H groups in total. The normalized spacial score (nSPS) is 11.4. The molecular weight excluding hydrogens is 333 g/mol. The van der Waals surface area contributed by atoms with Gasteiger partial charge in [-0.25, -0.2) is 0 Å². The second kappa shape index (κ2) is 7.55. The number of nitrogens with zero attached hydrogens (tertiary/aromatic N) is 1. The largest absolute Gasteiger partial charge is 0.417 e. The highest BCUT2D eigenvalue weighted by atomic mass is 19.4. The quantitative estimate of drug-likeness (QED) is 0.893. The summed E-state index contributed by atoms with van der Waals surface area (Å²) in [5.74, 6) is -0.544. The Hall–Kier alpha value is -2.57. The van der Waals surface area contributed by atoms with Gasteiger partial charge in [-0.15, -0.1) is 0 Å². The number of nitrogens with one attached hydrogen (secondary N) is 1. The molecule has 1 amide bonds. The number of benzene rings is 1. The Balaban J connectivity index is 2.26. The van der Waals surface area contributed by atoms with E-state index in [9.17, 15) is 22.8 Å². The van der Waals surface area contributed by atoms with Crippen molar-refractivity contribution in [1.29, 1.82) is 0 Å². The molecule has 0 aliphatic rings. The summed E-state index contributed by atoms with van der Waals surface area (Å²) in [6, 6.07) is 7.17. The molecule has 0 bridgehead atoms. The maximum absolute atomic E-state index is 12.8. The van der Waals surface area contributed by atoms with Crippen molar-refractivity contribution in [1.82, 2.24) is 4.57 Å². The summed E-state index contributed by atoms with van der Waals surface area (Å²) in [6.07, 6.45) is -2.51. The molecule has 4 nitrogen and oxygen atoms in total. The maximum Gasteiger partial charge on any atom is 0.417 e. The van der Waals surface area contributed by atoms with Crippen molar-refractivity contribution < 1.29 is 18.0 Å². The first-order chi connectivity index (χ1) is 11.8. The van der Waals surface area contributed by atoms with E-state index in [1.54, 1.807) is 0 Å². The van der Waals surface area contributed by atoms with Gasteiger partial charge < -0.3 is 9.88 Å². The van der Waals surface area contributed by atoms with Crippen molar-refractivity contribution in [3.05, 3.63) is 63.6 Å². The number of alkyl halides is 3. The first kappa shape index (κ1) is 18.8. The lowest BCUT2D eigenvalue weighted by molar-refractivity contribution is -0.138. The van der Waals surface area contributed by atoms with Crippen LogP contribution in [-0.4, -0.2) is 10.5 Å². The van der Waals surface area contributed by atoms with Crippen LogP contribution in [0.25, 0.3) is 0 Å². The van der Waals surface area contributed by atoms with E-state index < -0.39 is 29.8 Å². The monoisotopic (exact) mass is 352 g/mol. The second-order valence-electron chi connectivity index (χ2n) is 5.59. The first-order valence-electron chi connectivity index (χ1n) is 7.94. The minimum atomic E-state index is -4.57. The number of hydrogen-bond donors (Lipinski definition) is 1. The molecule has 1 aromatic heterocycles. The molecule has 1 heterocycles. The zero-order valence-electron chi connectivity index (χ0n) is 14.0. The fourth-order valence-corrected chi connectivity index (χ4v) is 2.56. The molecule has 0 aliphatic heterocycles. The Morgan fingerprint density at radius 2 is 1.68 bits per heavy atom. The minimum absolute atomic E-state index is 0.482. The van der Waals surface area contributed by atoms with Gasteiger partial charge in [0, 0.05) is 18.0 Å². The van der Waals surface area contributed by atoms with E-state index in [0.717, 1.165) is 21.8 Å². The Morgan fingerprint density at radius 1 is 1.08 bits per heavy atom. The first-order valence-corrected chi connectivity index (χ1v) is 7.94. The highest BCUT2D eigenvalue weighted by molar-refractivity contribution is 5.92. The van der Waals surface area contributed by atoms with Gasteiger partial charge >= 0.3 is 6.18 Å². The van der Waals surface area contributed by atoms with Crippen molar-refractivity contribution in [3.63, 3.8) is 0 Å². The van der Waals surface area contributed by atoms with E-state index in [1.807, 2.05) is 32.0 Å². The Kier molecular flexibility index (Phi) is 5.66. The zero-order chi connectivity index (χ0) is 18.6. The Morgan fingerprint density at radius 3 is 2.20 bits per heavy atom. The predicted octanol–water partition coefficient (Wildman–Crippen LogP) is 3.63.